The van der Waals surface area contributed by atoms with Gasteiger partial charge in [0.1, 0.15) is 17.2 Å². The molecule has 2 aromatic carbocycles. The van der Waals surface area contributed by atoms with Crippen molar-refractivity contribution in [1.29, 1.82) is 0 Å². The summed E-state index contributed by atoms with van der Waals surface area (Å²) in [5.74, 6) is 1.72. The first-order valence-electron chi connectivity index (χ1n) is 9.56. The lowest BCUT2D eigenvalue weighted by Gasteiger charge is -2.30. The SMILES string of the molecule is CCOC(=O)C1CCN(C(=O)COc2ccc(Oc3ccccc3)cc2)CC1. The van der Waals surface area contributed by atoms with Crippen LogP contribution in [0, 0.1) is 5.92 Å². The van der Waals surface area contributed by atoms with Crippen LogP contribution in [0.1, 0.15) is 19.8 Å². The van der Waals surface area contributed by atoms with E-state index in [-0.39, 0.29) is 24.4 Å². The zero-order valence-electron chi connectivity index (χ0n) is 16.0. The highest BCUT2D eigenvalue weighted by molar-refractivity contribution is 5.78. The van der Waals surface area contributed by atoms with Gasteiger partial charge in [-0.2, -0.15) is 0 Å². The molecule has 0 bridgehead atoms. The molecule has 148 valence electrons. The number of para-hydroxylation sites is 1. The Morgan fingerprint density at radius 3 is 2.18 bits per heavy atom. The smallest absolute Gasteiger partial charge is 0.309 e. The molecule has 1 saturated heterocycles. The van der Waals surface area contributed by atoms with Gasteiger partial charge in [0.2, 0.25) is 0 Å². The molecule has 28 heavy (non-hydrogen) atoms. The number of carbonyl (C=O) groups is 2. The average molecular weight is 383 g/mol. The Labute approximate surface area is 165 Å². The molecule has 6 heteroatoms. The zero-order valence-corrected chi connectivity index (χ0v) is 16.0. The van der Waals surface area contributed by atoms with E-state index in [0.717, 1.165) is 5.75 Å². The fourth-order valence-corrected chi connectivity index (χ4v) is 3.09. The normalized spacial score (nSPS) is 14.4. The van der Waals surface area contributed by atoms with Crippen LogP contribution in [-0.4, -0.2) is 43.1 Å². The highest BCUT2D eigenvalue weighted by Gasteiger charge is 2.28. The quantitative estimate of drug-likeness (QED) is 0.683. The van der Waals surface area contributed by atoms with Gasteiger partial charge < -0.3 is 19.1 Å². The number of hydrogen-bond acceptors (Lipinski definition) is 5. The molecule has 1 amide bonds. The summed E-state index contributed by atoms with van der Waals surface area (Å²) in [6, 6.07) is 16.7. The molecule has 1 aliphatic rings. The first-order chi connectivity index (χ1) is 13.7. The Morgan fingerprint density at radius 2 is 1.54 bits per heavy atom. The molecule has 0 saturated carbocycles. The molecule has 1 heterocycles. The van der Waals surface area contributed by atoms with E-state index in [1.54, 1.807) is 36.1 Å². The highest BCUT2D eigenvalue weighted by atomic mass is 16.5. The Kier molecular flexibility index (Phi) is 6.89. The number of rotatable bonds is 7. The summed E-state index contributed by atoms with van der Waals surface area (Å²) in [5, 5.41) is 0. The summed E-state index contributed by atoms with van der Waals surface area (Å²) in [6.07, 6.45) is 1.27. The van der Waals surface area contributed by atoms with Gasteiger partial charge in [-0.15, -0.1) is 0 Å². The Hall–Kier alpha value is -3.02. The largest absolute Gasteiger partial charge is 0.484 e. The second kappa shape index (κ2) is 9.78. The molecule has 6 nitrogen and oxygen atoms in total. The van der Waals surface area contributed by atoms with E-state index in [2.05, 4.69) is 0 Å². The lowest BCUT2D eigenvalue weighted by atomic mass is 9.97. The van der Waals surface area contributed by atoms with Gasteiger partial charge in [-0.25, -0.2) is 0 Å². The van der Waals surface area contributed by atoms with E-state index < -0.39 is 0 Å². The van der Waals surface area contributed by atoms with Gasteiger partial charge in [-0.1, -0.05) is 18.2 Å². The molecule has 0 radical (unpaired) electrons. The van der Waals surface area contributed by atoms with Crippen LogP contribution in [-0.2, 0) is 14.3 Å². The molecule has 3 rings (SSSR count). The van der Waals surface area contributed by atoms with Crippen LogP contribution in [0.3, 0.4) is 0 Å². The fourth-order valence-electron chi connectivity index (χ4n) is 3.09. The number of likely N-dealkylation sites (tertiary alicyclic amines) is 1. The van der Waals surface area contributed by atoms with Crippen LogP contribution in [0.4, 0.5) is 0 Å². The van der Waals surface area contributed by atoms with E-state index in [1.165, 1.54) is 0 Å². The van der Waals surface area contributed by atoms with Gasteiger partial charge in [0, 0.05) is 13.1 Å². The van der Waals surface area contributed by atoms with Crippen molar-refractivity contribution in [3.05, 3.63) is 54.6 Å². The number of carbonyl (C=O) groups excluding carboxylic acids is 2. The Balaban J connectivity index is 1.43. The Morgan fingerprint density at radius 1 is 0.929 bits per heavy atom. The van der Waals surface area contributed by atoms with Crippen LogP contribution < -0.4 is 9.47 Å². The first kappa shape index (κ1) is 19.7. The third-order valence-electron chi connectivity index (χ3n) is 4.63. The highest BCUT2D eigenvalue weighted by Crippen LogP contribution is 2.24. The number of ether oxygens (including phenoxy) is 3. The van der Waals surface area contributed by atoms with Crippen molar-refractivity contribution in [3.8, 4) is 17.2 Å². The molecule has 0 atom stereocenters. The minimum Gasteiger partial charge on any atom is -0.484 e. The van der Waals surface area contributed by atoms with Gasteiger partial charge in [-0.3, -0.25) is 9.59 Å². The molecule has 1 fully saturated rings. The van der Waals surface area contributed by atoms with E-state index in [1.807, 2.05) is 30.3 Å². The van der Waals surface area contributed by atoms with Crippen molar-refractivity contribution >= 4 is 11.9 Å². The van der Waals surface area contributed by atoms with Crippen LogP contribution in [0.25, 0.3) is 0 Å². The molecule has 1 aliphatic heterocycles. The number of piperidine rings is 1. The first-order valence-corrected chi connectivity index (χ1v) is 9.56. The van der Waals surface area contributed by atoms with Crippen molar-refractivity contribution in [2.45, 2.75) is 19.8 Å². The van der Waals surface area contributed by atoms with Crippen molar-refractivity contribution in [2.24, 2.45) is 5.92 Å². The fraction of sp³-hybridized carbons (Fsp3) is 0.364. The van der Waals surface area contributed by atoms with Gasteiger partial charge in [0.05, 0.1) is 12.5 Å². The van der Waals surface area contributed by atoms with Gasteiger partial charge in [0.15, 0.2) is 6.61 Å². The van der Waals surface area contributed by atoms with Crippen LogP contribution >= 0.6 is 0 Å². The molecule has 0 N–H and O–H groups in total. The standard InChI is InChI=1S/C22H25NO5/c1-2-26-22(25)17-12-14-23(15-13-17)21(24)16-27-18-8-10-20(11-9-18)28-19-6-4-3-5-7-19/h3-11,17H,2,12-16H2,1H3. The molecule has 2 aromatic rings. The van der Waals surface area contributed by atoms with Crippen LogP contribution in [0.5, 0.6) is 17.2 Å². The average Bonchev–Trinajstić information content (AvgIpc) is 2.74. The summed E-state index contributed by atoms with van der Waals surface area (Å²) in [5.41, 5.74) is 0. The van der Waals surface area contributed by atoms with Crippen molar-refractivity contribution in [2.75, 3.05) is 26.3 Å². The number of hydrogen-bond donors (Lipinski definition) is 0. The summed E-state index contributed by atoms with van der Waals surface area (Å²) in [7, 11) is 0. The second-order valence-corrected chi connectivity index (χ2v) is 6.58. The van der Waals surface area contributed by atoms with E-state index in [4.69, 9.17) is 14.2 Å². The third-order valence-corrected chi connectivity index (χ3v) is 4.63. The molecule has 0 spiro atoms. The van der Waals surface area contributed by atoms with Crippen LogP contribution in [0.2, 0.25) is 0 Å². The maximum absolute atomic E-state index is 12.3. The lowest BCUT2D eigenvalue weighted by molar-refractivity contribution is -0.151. The maximum atomic E-state index is 12.3. The number of esters is 1. The monoisotopic (exact) mass is 383 g/mol. The van der Waals surface area contributed by atoms with Crippen molar-refractivity contribution < 1.29 is 23.8 Å². The van der Waals surface area contributed by atoms with Crippen LogP contribution in [0.15, 0.2) is 54.6 Å². The summed E-state index contributed by atoms with van der Waals surface area (Å²) >= 11 is 0. The maximum Gasteiger partial charge on any atom is 0.309 e. The summed E-state index contributed by atoms with van der Waals surface area (Å²) < 4.78 is 16.4. The molecular weight excluding hydrogens is 358 g/mol. The van der Waals surface area contributed by atoms with Gasteiger partial charge in [0.25, 0.3) is 5.91 Å². The molecule has 0 aliphatic carbocycles. The van der Waals surface area contributed by atoms with Gasteiger partial charge in [-0.05, 0) is 56.2 Å². The third kappa shape index (κ3) is 5.49. The van der Waals surface area contributed by atoms with E-state index in [0.29, 0.717) is 44.0 Å². The minimum atomic E-state index is -0.163. The number of amides is 1. The molecular formula is C22H25NO5. The van der Waals surface area contributed by atoms with Crippen molar-refractivity contribution in [3.63, 3.8) is 0 Å². The zero-order chi connectivity index (χ0) is 19.8. The van der Waals surface area contributed by atoms with E-state index in [9.17, 15) is 9.59 Å². The van der Waals surface area contributed by atoms with Gasteiger partial charge >= 0.3 is 5.97 Å². The predicted octanol–water partition coefficient (Wildman–Crippen LogP) is 3.66. The molecule has 0 unspecified atom stereocenters. The number of benzene rings is 2. The predicted molar refractivity (Wildman–Crippen MR) is 104 cm³/mol. The number of nitrogens with zero attached hydrogens (tertiary/aromatic N) is 1. The molecule has 0 aromatic heterocycles. The summed E-state index contributed by atoms with van der Waals surface area (Å²) in [6.45, 7) is 3.27. The van der Waals surface area contributed by atoms with Crippen molar-refractivity contribution in [1.82, 2.24) is 4.90 Å². The topological polar surface area (TPSA) is 65.1 Å². The summed E-state index contributed by atoms with van der Waals surface area (Å²) in [4.78, 5) is 25.8. The Bertz CT molecular complexity index is 767. The minimum absolute atomic E-state index is 0.0248. The van der Waals surface area contributed by atoms with E-state index >= 15 is 0 Å². The lowest BCUT2D eigenvalue weighted by Crippen LogP contribution is -2.42. The second-order valence-electron chi connectivity index (χ2n) is 6.58.